The lowest BCUT2D eigenvalue weighted by Crippen LogP contribution is -2.19. The number of carbonyl (C=O) groups excluding carboxylic acids is 1. The fraction of sp³-hybridized carbons (Fsp3) is 0.407. The second kappa shape index (κ2) is 11.5. The molecule has 0 spiro atoms. The van der Waals surface area contributed by atoms with Gasteiger partial charge in [-0.15, -0.1) is 5.10 Å². The maximum absolute atomic E-state index is 12.7. The Kier molecular flexibility index (Phi) is 7.76. The number of nitrogens with zero attached hydrogens (tertiary/aromatic N) is 6. The number of aromatic nitrogens is 6. The highest BCUT2D eigenvalue weighted by Gasteiger charge is 2.15. The van der Waals surface area contributed by atoms with Gasteiger partial charge in [-0.3, -0.25) is 4.79 Å². The second-order valence-corrected chi connectivity index (χ2v) is 10.4. The van der Waals surface area contributed by atoms with Crippen LogP contribution < -0.4 is 4.80 Å². The highest BCUT2D eigenvalue weighted by Crippen LogP contribution is 2.30. The van der Waals surface area contributed by atoms with Crippen molar-refractivity contribution < 1.29 is 4.79 Å². The number of rotatable bonds is 8. The number of aryl methyl sites for hydroxylation is 1. The maximum Gasteiger partial charge on any atom is 0.248 e. The van der Waals surface area contributed by atoms with Crippen molar-refractivity contribution in [3.8, 4) is 22.5 Å². The molecule has 0 aliphatic heterocycles. The minimum Gasteiger partial charge on any atom is -0.273 e. The number of nitrogens with one attached hydrogen (secondary N) is 1. The number of tetrazole rings is 1. The molecule has 5 rings (SSSR count). The van der Waals surface area contributed by atoms with E-state index < -0.39 is 0 Å². The zero-order valence-electron chi connectivity index (χ0n) is 20.6. The van der Waals surface area contributed by atoms with Crippen molar-refractivity contribution >= 4 is 17.2 Å². The quantitative estimate of drug-likeness (QED) is 0.358. The average molecular weight is 502 g/mol. The van der Waals surface area contributed by atoms with Gasteiger partial charge in [-0.05, 0) is 45.9 Å². The van der Waals surface area contributed by atoms with Crippen molar-refractivity contribution in [1.29, 1.82) is 0 Å². The first-order valence-corrected chi connectivity index (χ1v) is 13.6. The van der Waals surface area contributed by atoms with E-state index in [9.17, 15) is 4.79 Å². The van der Waals surface area contributed by atoms with E-state index in [0.717, 1.165) is 40.1 Å². The van der Waals surface area contributed by atoms with Crippen LogP contribution in [0.4, 0.5) is 0 Å². The van der Waals surface area contributed by atoms with Gasteiger partial charge in [0.1, 0.15) is 5.01 Å². The van der Waals surface area contributed by atoms with Crippen molar-refractivity contribution in [2.24, 2.45) is 10.9 Å². The van der Waals surface area contributed by atoms with Crippen molar-refractivity contribution in [3.05, 3.63) is 63.9 Å². The first-order chi connectivity index (χ1) is 17.7. The van der Waals surface area contributed by atoms with Gasteiger partial charge >= 0.3 is 0 Å². The molecule has 1 aliphatic carbocycles. The summed E-state index contributed by atoms with van der Waals surface area (Å²) in [6, 6.07) is 16.4. The van der Waals surface area contributed by atoms with Gasteiger partial charge in [0.15, 0.2) is 5.82 Å². The Balaban J connectivity index is 1.32. The molecule has 0 unspecified atom stereocenters. The summed E-state index contributed by atoms with van der Waals surface area (Å²) >= 11 is 1.51. The van der Waals surface area contributed by atoms with Crippen LogP contribution in [0.3, 0.4) is 0 Å². The van der Waals surface area contributed by atoms with Gasteiger partial charge in [-0.2, -0.15) is 10.1 Å². The summed E-state index contributed by atoms with van der Waals surface area (Å²) in [5.74, 6) is 1.29. The van der Waals surface area contributed by atoms with Gasteiger partial charge in [0, 0.05) is 12.0 Å². The van der Waals surface area contributed by atoms with E-state index in [1.54, 1.807) is 0 Å². The summed E-state index contributed by atoms with van der Waals surface area (Å²) in [6.07, 6.45) is 8.74. The Morgan fingerprint density at radius 2 is 1.86 bits per heavy atom. The number of hydrogen-bond donors (Lipinski definition) is 1. The molecule has 2 aromatic carbocycles. The zero-order valence-corrected chi connectivity index (χ0v) is 21.4. The second-order valence-electron chi connectivity index (χ2n) is 9.33. The molecule has 4 aromatic rings. The summed E-state index contributed by atoms with van der Waals surface area (Å²) in [5.41, 5.74) is 4.17. The molecule has 1 N–H and O–H groups in total. The van der Waals surface area contributed by atoms with Crippen LogP contribution in [0, 0.1) is 5.92 Å². The molecule has 1 aliphatic rings. The molecule has 9 heteroatoms. The highest BCUT2D eigenvalue weighted by atomic mass is 32.1. The Bertz CT molecular complexity index is 1350. The standard InChI is InChI=1S/C27H31N7OS/c1-2-25-31-34(27(36-25)28-24(35)17-14-19-8-4-3-5-9-19)18-20-12-15-21(16-13-20)22-10-6-7-11-23(22)26-29-32-33-30-26/h6-7,10-13,15-16,19H,2-5,8-9,14,17-18H2,1H3,(H,29,30,32,33). The first-order valence-electron chi connectivity index (χ1n) is 12.8. The number of H-pyrrole nitrogens is 1. The third kappa shape index (κ3) is 5.84. The fourth-order valence-electron chi connectivity index (χ4n) is 4.83. The molecular formula is C27H31N7OS. The van der Waals surface area contributed by atoms with Crippen molar-refractivity contribution in [2.45, 2.75) is 64.8 Å². The van der Waals surface area contributed by atoms with Crippen molar-refractivity contribution in [2.75, 3.05) is 0 Å². The molecule has 1 amide bonds. The van der Waals surface area contributed by atoms with E-state index in [4.69, 9.17) is 5.10 Å². The number of hydrogen-bond acceptors (Lipinski definition) is 6. The SMILES string of the molecule is CCc1nn(Cc2ccc(-c3ccccc3-c3nnn[nH]3)cc2)c(=NC(=O)CCC2CCCCC2)s1. The highest BCUT2D eigenvalue weighted by molar-refractivity contribution is 7.08. The fourth-order valence-corrected chi connectivity index (χ4v) is 5.68. The minimum atomic E-state index is -0.0329. The van der Waals surface area contributed by atoms with E-state index in [-0.39, 0.29) is 5.91 Å². The van der Waals surface area contributed by atoms with Crippen LogP contribution >= 0.6 is 11.3 Å². The molecular weight excluding hydrogens is 470 g/mol. The zero-order chi connectivity index (χ0) is 24.7. The number of amides is 1. The van der Waals surface area contributed by atoms with E-state index in [2.05, 4.69) is 62.9 Å². The average Bonchev–Trinajstić information content (AvgIpc) is 3.59. The predicted molar refractivity (Wildman–Crippen MR) is 140 cm³/mol. The topological polar surface area (TPSA) is 102 Å². The Hall–Kier alpha value is -3.46. The summed E-state index contributed by atoms with van der Waals surface area (Å²) in [6.45, 7) is 2.65. The number of aromatic amines is 1. The molecule has 0 atom stereocenters. The van der Waals surface area contributed by atoms with Gasteiger partial charge in [-0.25, -0.2) is 9.78 Å². The molecule has 186 valence electrons. The third-order valence-corrected chi connectivity index (χ3v) is 7.89. The lowest BCUT2D eigenvalue weighted by Gasteiger charge is -2.20. The first kappa shape index (κ1) is 24.2. The summed E-state index contributed by atoms with van der Waals surface area (Å²) in [5, 5.41) is 20.0. The van der Waals surface area contributed by atoms with Gasteiger partial charge in [0.25, 0.3) is 0 Å². The van der Waals surface area contributed by atoms with Gasteiger partial charge in [0.2, 0.25) is 10.7 Å². The molecule has 2 aromatic heterocycles. The van der Waals surface area contributed by atoms with Crippen LogP contribution in [-0.2, 0) is 17.8 Å². The van der Waals surface area contributed by atoms with Crippen LogP contribution in [-0.4, -0.2) is 36.3 Å². The van der Waals surface area contributed by atoms with Crippen molar-refractivity contribution in [1.82, 2.24) is 30.4 Å². The maximum atomic E-state index is 12.7. The molecule has 2 heterocycles. The number of benzene rings is 2. The van der Waals surface area contributed by atoms with E-state index in [1.165, 1.54) is 43.4 Å². The Morgan fingerprint density at radius 3 is 2.58 bits per heavy atom. The van der Waals surface area contributed by atoms with Crippen LogP contribution in [0.5, 0.6) is 0 Å². The monoisotopic (exact) mass is 501 g/mol. The van der Waals surface area contributed by atoms with Crippen molar-refractivity contribution in [3.63, 3.8) is 0 Å². The largest absolute Gasteiger partial charge is 0.273 e. The van der Waals surface area contributed by atoms with Gasteiger partial charge in [-0.1, -0.05) is 98.9 Å². The molecule has 36 heavy (non-hydrogen) atoms. The van der Waals surface area contributed by atoms with E-state index in [1.807, 2.05) is 22.9 Å². The molecule has 1 fully saturated rings. The Labute approximate surface area is 214 Å². The molecule has 0 radical (unpaired) electrons. The summed E-state index contributed by atoms with van der Waals surface area (Å²) in [7, 11) is 0. The third-order valence-electron chi connectivity index (χ3n) is 6.80. The van der Waals surface area contributed by atoms with Gasteiger partial charge in [0.05, 0.1) is 6.54 Å². The molecule has 0 bridgehead atoms. The van der Waals surface area contributed by atoms with E-state index >= 15 is 0 Å². The lowest BCUT2D eigenvalue weighted by molar-refractivity contribution is -0.118. The van der Waals surface area contributed by atoms with Crippen LogP contribution in [0.25, 0.3) is 22.5 Å². The predicted octanol–water partition coefficient (Wildman–Crippen LogP) is 5.19. The summed E-state index contributed by atoms with van der Waals surface area (Å²) in [4.78, 5) is 17.8. The minimum absolute atomic E-state index is 0.0329. The van der Waals surface area contributed by atoms with Gasteiger partial charge < -0.3 is 0 Å². The summed E-state index contributed by atoms with van der Waals surface area (Å²) < 4.78 is 1.87. The number of carbonyl (C=O) groups is 1. The Morgan fingerprint density at radius 1 is 1.08 bits per heavy atom. The molecule has 1 saturated carbocycles. The molecule has 0 saturated heterocycles. The van der Waals surface area contributed by atoms with Crippen LogP contribution in [0.1, 0.15) is 62.4 Å². The van der Waals surface area contributed by atoms with Crippen LogP contribution in [0.15, 0.2) is 53.5 Å². The smallest absolute Gasteiger partial charge is 0.248 e. The lowest BCUT2D eigenvalue weighted by atomic mass is 9.86. The normalized spacial score (nSPS) is 14.9. The van der Waals surface area contributed by atoms with E-state index in [0.29, 0.717) is 29.5 Å². The van der Waals surface area contributed by atoms with Crippen LogP contribution in [0.2, 0.25) is 0 Å². The molecule has 8 nitrogen and oxygen atoms in total.